The molecule has 0 heterocycles. The van der Waals surface area contributed by atoms with Crippen molar-refractivity contribution in [2.45, 2.75) is 40.0 Å². The quantitative estimate of drug-likeness (QED) is 0.575. The van der Waals surface area contributed by atoms with Gasteiger partial charge in [0.25, 0.3) is 5.69 Å². The number of hydrogen-bond donors (Lipinski definition) is 1. The lowest BCUT2D eigenvalue weighted by Gasteiger charge is -2.21. The SMILES string of the molecule is CCCOc1cc(NCC2(C(C)C)CC2)cc([N+](=O)[O-])c1. The molecule has 0 spiro atoms. The Balaban J connectivity index is 2.10. The van der Waals surface area contributed by atoms with Crippen LogP contribution in [0.15, 0.2) is 18.2 Å². The number of non-ortho nitro benzene ring substituents is 1. The summed E-state index contributed by atoms with van der Waals surface area (Å²) in [6, 6.07) is 4.91. The first-order valence-corrected chi connectivity index (χ1v) is 7.63. The van der Waals surface area contributed by atoms with E-state index in [1.54, 1.807) is 6.07 Å². The number of benzene rings is 1. The normalized spacial score (nSPS) is 15.8. The fourth-order valence-corrected chi connectivity index (χ4v) is 2.49. The standard InChI is InChI=1S/C16H24N2O3/c1-4-7-21-15-9-13(8-14(10-15)18(19)20)17-11-16(5-6-16)12(2)3/h8-10,12,17H,4-7,11H2,1-3H3. The van der Waals surface area contributed by atoms with Crippen LogP contribution in [0.25, 0.3) is 0 Å². The van der Waals surface area contributed by atoms with Crippen LogP contribution in [-0.2, 0) is 0 Å². The predicted molar refractivity (Wildman–Crippen MR) is 83.9 cm³/mol. The Kier molecular flexibility index (Phi) is 4.70. The van der Waals surface area contributed by atoms with Crippen molar-refractivity contribution in [2.24, 2.45) is 11.3 Å². The Hall–Kier alpha value is -1.78. The van der Waals surface area contributed by atoms with Crippen LogP contribution in [0.1, 0.15) is 40.0 Å². The topological polar surface area (TPSA) is 64.4 Å². The van der Waals surface area contributed by atoms with Gasteiger partial charge in [0.2, 0.25) is 0 Å². The van der Waals surface area contributed by atoms with Crippen LogP contribution in [0.3, 0.4) is 0 Å². The molecule has 0 aliphatic heterocycles. The van der Waals surface area contributed by atoms with Gasteiger partial charge in [0.05, 0.1) is 17.6 Å². The van der Waals surface area contributed by atoms with Gasteiger partial charge in [-0.1, -0.05) is 20.8 Å². The van der Waals surface area contributed by atoms with E-state index in [0.717, 1.165) is 18.7 Å². The highest BCUT2D eigenvalue weighted by Crippen LogP contribution is 2.51. The number of nitrogens with one attached hydrogen (secondary N) is 1. The van der Waals surface area contributed by atoms with E-state index < -0.39 is 0 Å². The lowest BCUT2D eigenvalue weighted by atomic mass is 9.92. The molecule has 0 unspecified atom stereocenters. The van der Waals surface area contributed by atoms with Crippen molar-refractivity contribution in [3.8, 4) is 5.75 Å². The maximum absolute atomic E-state index is 11.0. The number of nitro benzene ring substituents is 1. The van der Waals surface area contributed by atoms with Crippen LogP contribution < -0.4 is 10.1 Å². The molecule has 1 N–H and O–H groups in total. The summed E-state index contributed by atoms with van der Waals surface area (Å²) in [6.45, 7) is 7.90. The van der Waals surface area contributed by atoms with Crippen molar-refractivity contribution in [1.29, 1.82) is 0 Å². The zero-order valence-electron chi connectivity index (χ0n) is 13.0. The van der Waals surface area contributed by atoms with E-state index in [1.165, 1.54) is 18.9 Å². The predicted octanol–water partition coefficient (Wildman–Crippen LogP) is 4.23. The van der Waals surface area contributed by atoms with Crippen LogP contribution in [0.4, 0.5) is 11.4 Å². The summed E-state index contributed by atoms with van der Waals surface area (Å²) in [5.74, 6) is 1.18. The number of nitro groups is 1. The van der Waals surface area contributed by atoms with Gasteiger partial charge in [-0.2, -0.15) is 0 Å². The molecule has 1 aromatic carbocycles. The van der Waals surface area contributed by atoms with Crippen molar-refractivity contribution in [1.82, 2.24) is 0 Å². The van der Waals surface area contributed by atoms with E-state index in [4.69, 9.17) is 4.74 Å². The van der Waals surface area contributed by atoms with Crippen LogP contribution >= 0.6 is 0 Å². The minimum atomic E-state index is -0.376. The summed E-state index contributed by atoms with van der Waals surface area (Å²) < 4.78 is 5.54. The molecule has 0 aromatic heterocycles. The second-order valence-electron chi connectivity index (χ2n) is 6.19. The third-order valence-corrected chi connectivity index (χ3v) is 4.34. The van der Waals surface area contributed by atoms with E-state index in [0.29, 0.717) is 23.7 Å². The molecule has 116 valence electrons. The lowest BCUT2D eigenvalue weighted by molar-refractivity contribution is -0.384. The Bertz CT molecular complexity index is 510. The van der Waals surface area contributed by atoms with Gasteiger partial charge in [0, 0.05) is 24.4 Å². The monoisotopic (exact) mass is 292 g/mol. The van der Waals surface area contributed by atoms with E-state index >= 15 is 0 Å². The largest absolute Gasteiger partial charge is 0.493 e. The molecule has 5 heteroatoms. The van der Waals surface area contributed by atoms with Gasteiger partial charge in [-0.3, -0.25) is 10.1 Å². The summed E-state index contributed by atoms with van der Waals surface area (Å²) in [4.78, 5) is 10.6. The Morgan fingerprint density at radius 1 is 1.38 bits per heavy atom. The average molecular weight is 292 g/mol. The Morgan fingerprint density at radius 3 is 2.62 bits per heavy atom. The second-order valence-corrected chi connectivity index (χ2v) is 6.19. The molecule has 0 saturated heterocycles. The lowest BCUT2D eigenvalue weighted by Crippen LogP contribution is -2.20. The fraction of sp³-hybridized carbons (Fsp3) is 0.625. The van der Waals surface area contributed by atoms with E-state index in [2.05, 4.69) is 19.2 Å². The number of hydrogen-bond acceptors (Lipinski definition) is 4. The molecule has 2 rings (SSSR count). The zero-order valence-corrected chi connectivity index (χ0v) is 13.0. The van der Waals surface area contributed by atoms with Crippen molar-refractivity contribution in [3.63, 3.8) is 0 Å². The number of anilines is 1. The highest BCUT2D eigenvalue weighted by molar-refractivity contribution is 5.56. The van der Waals surface area contributed by atoms with Crippen molar-refractivity contribution < 1.29 is 9.66 Å². The summed E-state index contributed by atoms with van der Waals surface area (Å²) in [6.07, 6.45) is 3.33. The highest BCUT2D eigenvalue weighted by atomic mass is 16.6. The average Bonchev–Trinajstić information content (AvgIpc) is 3.24. The zero-order chi connectivity index (χ0) is 15.5. The van der Waals surface area contributed by atoms with Gasteiger partial charge in [0.1, 0.15) is 5.75 Å². The third-order valence-electron chi connectivity index (χ3n) is 4.34. The molecule has 1 aromatic rings. The van der Waals surface area contributed by atoms with Gasteiger partial charge in [-0.05, 0) is 30.6 Å². The van der Waals surface area contributed by atoms with E-state index in [-0.39, 0.29) is 10.6 Å². The van der Waals surface area contributed by atoms with Gasteiger partial charge in [-0.15, -0.1) is 0 Å². The van der Waals surface area contributed by atoms with Crippen molar-refractivity contribution in [2.75, 3.05) is 18.5 Å². The molecule has 1 aliphatic carbocycles. The molecule has 21 heavy (non-hydrogen) atoms. The molecule has 1 saturated carbocycles. The smallest absolute Gasteiger partial charge is 0.275 e. The van der Waals surface area contributed by atoms with Crippen LogP contribution in [-0.4, -0.2) is 18.1 Å². The summed E-state index contributed by atoms with van der Waals surface area (Å²) in [7, 11) is 0. The number of rotatable bonds is 8. The van der Waals surface area contributed by atoms with E-state index in [1.807, 2.05) is 13.0 Å². The Labute approximate surface area is 125 Å². The van der Waals surface area contributed by atoms with Gasteiger partial charge < -0.3 is 10.1 Å². The molecule has 0 atom stereocenters. The minimum Gasteiger partial charge on any atom is -0.493 e. The summed E-state index contributed by atoms with van der Waals surface area (Å²) >= 11 is 0. The molecular weight excluding hydrogens is 268 g/mol. The van der Waals surface area contributed by atoms with Crippen molar-refractivity contribution >= 4 is 11.4 Å². The molecule has 0 radical (unpaired) electrons. The molecule has 0 amide bonds. The molecule has 0 bridgehead atoms. The van der Waals surface area contributed by atoms with Gasteiger partial charge in [-0.25, -0.2) is 0 Å². The van der Waals surface area contributed by atoms with Gasteiger partial charge in [0.15, 0.2) is 0 Å². The third kappa shape index (κ3) is 3.86. The first kappa shape index (κ1) is 15.6. The number of nitrogens with zero attached hydrogens (tertiary/aromatic N) is 1. The first-order chi connectivity index (χ1) is 9.97. The van der Waals surface area contributed by atoms with Crippen molar-refractivity contribution in [3.05, 3.63) is 28.3 Å². The number of ether oxygens (including phenoxy) is 1. The van der Waals surface area contributed by atoms with Crippen LogP contribution in [0.5, 0.6) is 5.75 Å². The summed E-state index contributed by atoms with van der Waals surface area (Å²) in [5, 5.41) is 14.4. The highest BCUT2D eigenvalue weighted by Gasteiger charge is 2.44. The molecule has 5 nitrogen and oxygen atoms in total. The fourth-order valence-electron chi connectivity index (χ4n) is 2.49. The maximum atomic E-state index is 11.0. The molecule has 1 fully saturated rings. The van der Waals surface area contributed by atoms with Crippen LogP contribution in [0, 0.1) is 21.4 Å². The molecule has 1 aliphatic rings. The first-order valence-electron chi connectivity index (χ1n) is 7.63. The van der Waals surface area contributed by atoms with Crippen LogP contribution in [0.2, 0.25) is 0 Å². The van der Waals surface area contributed by atoms with E-state index in [9.17, 15) is 10.1 Å². The molecular formula is C16H24N2O3. The summed E-state index contributed by atoms with van der Waals surface area (Å²) in [5.41, 5.74) is 1.19. The minimum absolute atomic E-state index is 0.0699. The van der Waals surface area contributed by atoms with Gasteiger partial charge >= 0.3 is 0 Å². The maximum Gasteiger partial charge on any atom is 0.275 e. The Morgan fingerprint density at radius 2 is 2.10 bits per heavy atom. The second kappa shape index (κ2) is 6.33.